The van der Waals surface area contributed by atoms with Crippen molar-refractivity contribution in [2.24, 2.45) is 0 Å². The maximum absolute atomic E-state index is 13.0. The molecule has 2 amide bonds. The first-order chi connectivity index (χ1) is 17.1. The van der Waals surface area contributed by atoms with Crippen molar-refractivity contribution in [3.63, 3.8) is 0 Å². The number of aliphatic hydroxyl groups excluding tert-OH is 1. The molecule has 0 spiro atoms. The van der Waals surface area contributed by atoms with E-state index < -0.39 is 28.6 Å². The number of carbonyl (C=O) groups is 2. The zero-order valence-electron chi connectivity index (χ0n) is 18.0. The van der Waals surface area contributed by atoms with Gasteiger partial charge in [-0.05, 0) is 18.4 Å². The quantitative estimate of drug-likeness (QED) is 0.295. The van der Waals surface area contributed by atoms with Crippen LogP contribution >= 0.6 is 34.5 Å². The number of pyridine rings is 1. The summed E-state index contributed by atoms with van der Waals surface area (Å²) in [6, 6.07) is 0.624. The van der Waals surface area contributed by atoms with Gasteiger partial charge in [-0.3, -0.25) is 9.59 Å². The Morgan fingerprint density at radius 1 is 1.11 bits per heavy atom. The van der Waals surface area contributed by atoms with E-state index in [-0.39, 0.29) is 40.3 Å². The number of nitrogens with one attached hydrogen (secondary N) is 2. The minimum atomic E-state index is -4.71. The molecular formula is C21H15Cl2F3N6O3S. The van der Waals surface area contributed by atoms with Gasteiger partial charge in [0.2, 0.25) is 0 Å². The van der Waals surface area contributed by atoms with Crippen LogP contribution in [0.2, 0.25) is 10.0 Å². The van der Waals surface area contributed by atoms with E-state index in [1.165, 1.54) is 6.20 Å². The average molecular weight is 559 g/mol. The molecule has 15 heteroatoms. The average Bonchev–Trinajstić information content (AvgIpc) is 3.31. The Balaban J connectivity index is 1.63. The second-order valence-electron chi connectivity index (χ2n) is 6.82. The van der Waals surface area contributed by atoms with Gasteiger partial charge < -0.3 is 15.7 Å². The predicted octanol–water partition coefficient (Wildman–Crippen LogP) is 3.96. The number of nitrogens with zero attached hydrogens (tertiary/aromatic N) is 4. The molecule has 0 fully saturated rings. The number of hydrogen-bond donors (Lipinski definition) is 3. The molecule has 36 heavy (non-hydrogen) atoms. The van der Waals surface area contributed by atoms with Crippen LogP contribution in [0.4, 0.5) is 19.0 Å². The molecule has 0 saturated carbocycles. The first kappa shape index (κ1) is 27.3. The van der Waals surface area contributed by atoms with Crippen LogP contribution in [-0.4, -0.2) is 43.5 Å². The van der Waals surface area contributed by atoms with Crippen LogP contribution in [0.5, 0.6) is 0 Å². The van der Waals surface area contributed by atoms with Gasteiger partial charge in [0.25, 0.3) is 11.8 Å². The van der Waals surface area contributed by atoms with Gasteiger partial charge in [0.1, 0.15) is 32.7 Å². The summed E-state index contributed by atoms with van der Waals surface area (Å²) >= 11 is 12.6. The van der Waals surface area contributed by atoms with E-state index in [2.05, 4.69) is 42.4 Å². The van der Waals surface area contributed by atoms with Crippen molar-refractivity contribution in [3.8, 4) is 11.8 Å². The molecule has 3 heterocycles. The Bertz CT molecular complexity index is 1340. The number of anilines is 1. The lowest BCUT2D eigenvalue weighted by Gasteiger charge is -2.10. The molecule has 0 aliphatic heterocycles. The van der Waals surface area contributed by atoms with E-state index in [4.69, 9.17) is 28.3 Å². The van der Waals surface area contributed by atoms with Crippen molar-refractivity contribution < 1.29 is 27.9 Å². The summed E-state index contributed by atoms with van der Waals surface area (Å²) in [6.07, 6.45) is -0.664. The topological polar surface area (TPSA) is 130 Å². The molecule has 3 N–H and O–H groups in total. The third-order valence-electron chi connectivity index (χ3n) is 4.25. The molecular weight excluding hydrogens is 544 g/mol. The third-order valence-corrected chi connectivity index (χ3v) is 5.91. The predicted molar refractivity (Wildman–Crippen MR) is 126 cm³/mol. The van der Waals surface area contributed by atoms with Crippen LogP contribution < -0.4 is 10.6 Å². The zero-order chi connectivity index (χ0) is 26.3. The number of amides is 2. The van der Waals surface area contributed by atoms with E-state index in [9.17, 15) is 22.8 Å². The van der Waals surface area contributed by atoms with Crippen molar-refractivity contribution >= 4 is 52.2 Å². The van der Waals surface area contributed by atoms with Crippen molar-refractivity contribution in [2.75, 3.05) is 11.9 Å². The first-order valence-electron chi connectivity index (χ1n) is 9.97. The van der Waals surface area contributed by atoms with Gasteiger partial charge in [-0.15, -0.1) is 11.3 Å². The smallest absolute Gasteiger partial charge is 0.396 e. The van der Waals surface area contributed by atoms with Gasteiger partial charge >= 0.3 is 6.18 Å². The summed E-state index contributed by atoms with van der Waals surface area (Å²) in [5.74, 6) is 3.78. The van der Waals surface area contributed by atoms with Crippen LogP contribution in [0.1, 0.15) is 49.3 Å². The SMILES string of the molecule is O=C(Nc1cc(C(F)(F)F)c(Cl)cn1)c1cnc(CNC(=O)c2ncnc(C#CCCCO)c2Cl)s1. The second-order valence-corrected chi connectivity index (χ2v) is 8.72. The summed E-state index contributed by atoms with van der Waals surface area (Å²) in [5.41, 5.74) is -1.08. The Kier molecular flexibility index (Phi) is 9.16. The minimum Gasteiger partial charge on any atom is -0.396 e. The Morgan fingerprint density at radius 2 is 1.89 bits per heavy atom. The molecule has 3 aromatic rings. The monoisotopic (exact) mass is 558 g/mol. The van der Waals surface area contributed by atoms with Crippen LogP contribution in [-0.2, 0) is 12.7 Å². The summed E-state index contributed by atoms with van der Waals surface area (Å²) in [5, 5.41) is 13.3. The molecule has 0 radical (unpaired) electrons. The molecule has 3 rings (SSSR count). The van der Waals surface area contributed by atoms with Gasteiger partial charge in [0.15, 0.2) is 5.69 Å². The van der Waals surface area contributed by atoms with Crippen LogP contribution in [0, 0.1) is 11.8 Å². The third kappa shape index (κ3) is 7.11. The molecule has 0 aliphatic carbocycles. The molecule has 3 aromatic heterocycles. The molecule has 0 saturated heterocycles. The van der Waals surface area contributed by atoms with E-state index in [1.54, 1.807) is 0 Å². The summed E-state index contributed by atoms with van der Waals surface area (Å²) in [4.78, 5) is 40.5. The number of thiazole rings is 1. The zero-order valence-corrected chi connectivity index (χ0v) is 20.3. The number of hydrogen-bond acceptors (Lipinski definition) is 8. The minimum absolute atomic E-state index is 0.00300. The molecule has 0 unspecified atom stereocenters. The lowest BCUT2D eigenvalue weighted by atomic mass is 10.2. The van der Waals surface area contributed by atoms with Crippen LogP contribution in [0.25, 0.3) is 0 Å². The lowest BCUT2D eigenvalue weighted by Crippen LogP contribution is -2.24. The largest absolute Gasteiger partial charge is 0.418 e. The van der Waals surface area contributed by atoms with Gasteiger partial charge in [-0.2, -0.15) is 13.2 Å². The maximum Gasteiger partial charge on any atom is 0.418 e. The van der Waals surface area contributed by atoms with Gasteiger partial charge in [-0.1, -0.05) is 29.1 Å². The van der Waals surface area contributed by atoms with Crippen LogP contribution in [0.3, 0.4) is 0 Å². The summed E-state index contributed by atoms with van der Waals surface area (Å²) in [6.45, 7) is -0.0803. The number of alkyl halides is 3. The fourth-order valence-corrected chi connectivity index (χ4v) is 3.76. The number of aromatic nitrogens is 4. The number of carbonyl (C=O) groups excluding carboxylic acids is 2. The van der Waals surface area contributed by atoms with E-state index in [1.807, 2.05) is 0 Å². The van der Waals surface area contributed by atoms with Gasteiger partial charge in [0, 0.05) is 19.2 Å². The van der Waals surface area contributed by atoms with E-state index in [0.29, 0.717) is 23.9 Å². The highest BCUT2D eigenvalue weighted by atomic mass is 35.5. The fraction of sp³-hybridized carbons (Fsp3) is 0.238. The van der Waals surface area contributed by atoms with Gasteiger partial charge in [-0.25, -0.2) is 19.9 Å². The van der Waals surface area contributed by atoms with E-state index in [0.717, 1.165) is 23.9 Å². The molecule has 0 aromatic carbocycles. The number of aliphatic hydroxyl groups is 1. The number of rotatable bonds is 7. The number of unbranched alkanes of at least 4 members (excludes halogenated alkanes) is 1. The van der Waals surface area contributed by atoms with Gasteiger partial charge in [0.05, 0.1) is 23.3 Å². The van der Waals surface area contributed by atoms with Crippen molar-refractivity contribution in [2.45, 2.75) is 25.6 Å². The van der Waals surface area contributed by atoms with E-state index >= 15 is 0 Å². The Labute approximate surface area is 216 Å². The molecule has 0 atom stereocenters. The summed E-state index contributed by atoms with van der Waals surface area (Å²) < 4.78 is 39.0. The maximum atomic E-state index is 13.0. The molecule has 0 bridgehead atoms. The molecule has 0 aliphatic rings. The number of halogens is 5. The van der Waals surface area contributed by atoms with Crippen molar-refractivity contribution in [3.05, 3.63) is 61.7 Å². The highest BCUT2D eigenvalue weighted by molar-refractivity contribution is 7.13. The Hall–Kier alpha value is -3.31. The first-order valence-corrected chi connectivity index (χ1v) is 11.5. The van der Waals surface area contributed by atoms with Crippen molar-refractivity contribution in [1.29, 1.82) is 0 Å². The highest BCUT2D eigenvalue weighted by Gasteiger charge is 2.34. The fourth-order valence-electron chi connectivity index (χ4n) is 2.57. The highest BCUT2D eigenvalue weighted by Crippen LogP contribution is 2.35. The van der Waals surface area contributed by atoms with Crippen molar-refractivity contribution in [1.82, 2.24) is 25.3 Å². The normalized spacial score (nSPS) is 10.9. The standard InChI is InChI=1S/C21H15Cl2F3N6O3S/c22-12-7-27-15(6-11(12)21(24,25)26)32-19(34)14-8-28-16(36-14)9-29-20(35)18-17(23)13(30-10-31-18)4-2-1-3-5-33/h6-8,10,33H,1,3,5,9H2,(H,29,35)(H,27,32,34). The lowest BCUT2D eigenvalue weighted by molar-refractivity contribution is -0.137. The summed E-state index contributed by atoms with van der Waals surface area (Å²) in [7, 11) is 0. The molecule has 9 nitrogen and oxygen atoms in total. The Morgan fingerprint density at radius 3 is 2.61 bits per heavy atom. The molecule has 188 valence electrons. The van der Waals surface area contributed by atoms with Crippen LogP contribution in [0.15, 0.2) is 24.8 Å². The second kappa shape index (κ2) is 12.1.